The molecule has 2 aromatic rings. The predicted molar refractivity (Wildman–Crippen MR) is 71.2 cm³/mol. The molecule has 0 fully saturated rings. The quantitative estimate of drug-likeness (QED) is 0.860. The second-order valence-corrected chi connectivity index (χ2v) is 4.69. The van der Waals surface area contributed by atoms with E-state index in [1.165, 1.54) is 0 Å². The summed E-state index contributed by atoms with van der Waals surface area (Å²) in [6, 6.07) is 0. The number of amides is 1. The molecule has 0 radical (unpaired) electrons. The third kappa shape index (κ3) is 2.96. The van der Waals surface area contributed by atoms with Gasteiger partial charge in [-0.3, -0.25) is 9.48 Å². The van der Waals surface area contributed by atoms with E-state index in [4.69, 9.17) is 16.1 Å². The lowest BCUT2D eigenvalue weighted by Crippen LogP contribution is -2.26. The van der Waals surface area contributed by atoms with Crippen molar-refractivity contribution in [3.63, 3.8) is 0 Å². The standard InChI is InChI=1S/C12H15ClN4O2/c1-8-10(12(13)19-15-8)4-5-11(18)17(3)9-6-14-16(2)7-9/h6-7H,4-5H2,1-3H3. The number of hydrogen-bond acceptors (Lipinski definition) is 4. The van der Waals surface area contributed by atoms with Crippen molar-refractivity contribution in [3.8, 4) is 0 Å². The molecule has 6 nitrogen and oxygen atoms in total. The molecule has 0 aromatic carbocycles. The number of rotatable bonds is 4. The number of aryl methyl sites for hydroxylation is 2. The number of carbonyl (C=O) groups is 1. The maximum absolute atomic E-state index is 12.1. The molecule has 0 atom stereocenters. The fourth-order valence-electron chi connectivity index (χ4n) is 1.77. The van der Waals surface area contributed by atoms with Gasteiger partial charge in [-0.2, -0.15) is 5.10 Å². The van der Waals surface area contributed by atoms with Gasteiger partial charge in [0.2, 0.25) is 11.1 Å². The minimum atomic E-state index is -0.00957. The van der Waals surface area contributed by atoms with Gasteiger partial charge in [0.1, 0.15) is 0 Å². The summed E-state index contributed by atoms with van der Waals surface area (Å²) in [4.78, 5) is 13.6. The third-order valence-electron chi connectivity index (χ3n) is 2.98. The average molecular weight is 283 g/mol. The summed E-state index contributed by atoms with van der Waals surface area (Å²) in [5, 5.41) is 8.05. The van der Waals surface area contributed by atoms with Crippen LogP contribution < -0.4 is 4.90 Å². The summed E-state index contributed by atoms with van der Waals surface area (Å²) in [6.07, 6.45) is 4.29. The number of hydrogen-bond donors (Lipinski definition) is 0. The van der Waals surface area contributed by atoms with Crippen molar-refractivity contribution in [2.45, 2.75) is 19.8 Å². The van der Waals surface area contributed by atoms with Crippen LogP contribution in [0.2, 0.25) is 5.22 Å². The molecule has 0 spiro atoms. The highest BCUT2D eigenvalue weighted by Gasteiger charge is 2.16. The maximum atomic E-state index is 12.1. The number of anilines is 1. The Morgan fingerprint density at radius 2 is 2.32 bits per heavy atom. The van der Waals surface area contributed by atoms with Crippen molar-refractivity contribution in [1.82, 2.24) is 14.9 Å². The Bertz CT molecular complexity index is 571. The highest BCUT2D eigenvalue weighted by Crippen LogP contribution is 2.21. The molecule has 0 unspecified atom stereocenters. The van der Waals surface area contributed by atoms with Gasteiger partial charge in [0.25, 0.3) is 0 Å². The highest BCUT2D eigenvalue weighted by atomic mass is 35.5. The molecule has 7 heteroatoms. The molecule has 1 amide bonds. The molecule has 0 saturated heterocycles. The summed E-state index contributed by atoms with van der Waals surface area (Å²) in [6.45, 7) is 1.81. The smallest absolute Gasteiger partial charge is 0.229 e. The zero-order valence-electron chi connectivity index (χ0n) is 11.1. The average Bonchev–Trinajstić information content (AvgIpc) is 2.93. The van der Waals surface area contributed by atoms with E-state index in [1.54, 1.807) is 35.9 Å². The SMILES string of the molecule is Cc1noc(Cl)c1CCC(=O)N(C)c1cnn(C)c1. The van der Waals surface area contributed by atoms with E-state index < -0.39 is 0 Å². The first-order valence-electron chi connectivity index (χ1n) is 5.85. The van der Waals surface area contributed by atoms with Crippen molar-refractivity contribution in [3.05, 3.63) is 28.9 Å². The van der Waals surface area contributed by atoms with Crippen LogP contribution >= 0.6 is 11.6 Å². The van der Waals surface area contributed by atoms with Gasteiger partial charge < -0.3 is 9.42 Å². The molecule has 0 bridgehead atoms. The Morgan fingerprint density at radius 3 is 2.84 bits per heavy atom. The normalized spacial score (nSPS) is 10.7. The lowest BCUT2D eigenvalue weighted by molar-refractivity contribution is -0.118. The van der Waals surface area contributed by atoms with Gasteiger partial charge in [-0.15, -0.1) is 0 Å². The van der Waals surface area contributed by atoms with Crippen LogP contribution in [0.1, 0.15) is 17.7 Å². The first kappa shape index (κ1) is 13.6. The lowest BCUT2D eigenvalue weighted by atomic mass is 10.1. The van der Waals surface area contributed by atoms with Crippen molar-refractivity contribution in [1.29, 1.82) is 0 Å². The minimum Gasteiger partial charge on any atom is -0.344 e. The first-order valence-corrected chi connectivity index (χ1v) is 6.22. The molecule has 19 heavy (non-hydrogen) atoms. The number of aromatic nitrogens is 3. The van der Waals surface area contributed by atoms with Gasteiger partial charge >= 0.3 is 0 Å². The van der Waals surface area contributed by atoms with Crippen molar-refractivity contribution in [2.75, 3.05) is 11.9 Å². The maximum Gasteiger partial charge on any atom is 0.229 e. The third-order valence-corrected chi connectivity index (χ3v) is 3.28. The van der Waals surface area contributed by atoms with Crippen LogP contribution in [0.25, 0.3) is 0 Å². The monoisotopic (exact) mass is 282 g/mol. The van der Waals surface area contributed by atoms with Crippen molar-refractivity contribution < 1.29 is 9.32 Å². The molecular formula is C12H15ClN4O2. The summed E-state index contributed by atoms with van der Waals surface area (Å²) >= 11 is 5.86. The molecule has 2 aromatic heterocycles. The molecule has 0 aliphatic rings. The summed E-state index contributed by atoms with van der Waals surface area (Å²) < 4.78 is 6.51. The highest BCUT2D eigenvalue weighted by molar-refractivity contribution is 6.29. The largest absolute Gasteiger partial charge is 0.344 e. The molecule has 2 rings (SSSR count). The molecule has 102 valence electrons. The second kappa shape index (κ2) is 5.44. The molecule has 2 heterocycles. The van der Waals surface area contributed by atoms with E-state index >= 15 is 0 Å². The Kier molecular flexibility index (Phi) is 3.90. The molecule has 0 saturated carbocycles. The van der Waals surface area contributed by atoms with Crippen LogP contribution in [0, 0.1) is 6.92 Å². The van der Waals surface area contributed by atoms with E-state index in [0.29, 0.717) is 12.8 Å². The van der Waals surface area contributed by atoms with Crippen LogP contribution in [0.5, 0.6) is 0 Å². The van der Waals surface area contributed by atoms with Gasteiger partial charge in [0, 0.05) is 32.3 Å². The molecule has 0 aliphatic heterocycles. The van der Waals surface area contributed by atoms with E-state index in [2.05, 4.69) is 10.3 Å². The summed E-state index contributed by atoms with van der Waals surface area (Å²) in [5.41, 5.74) is 2.28. The van der Waals surface area contributed by atoms with Crippen LogP contribution in [0.4, 0.5) is 5.69 Å². The molecular weight excluding hydrogens is 268 g/mol. The van der Waals surface area contributed by atoms with Crippen LogP contribution in [0.15, 0.2) is 16.9 Å². The van der Waals surface area contributed by atoms with Crippen LogP contribution in [-0.4, -0.2) is 27.9 Å². The van der Waals surface area contributed by atoms with Gasteiger partial charge in [-0.1, -0.05) is 5.16 Å². The van der Waals surface area contributed by atoms with E-state index in [9.17, 15) is 4.79 Å². The minimum absolute atomic E-state index is 0.00957. The lowest BCUT2D eigenvalue weighted by Gasteiger charge is -2.14. The zero-order chi connectivity index (χ0) is 14.0. The summed E-state index contributed by atoms with van der Waals surface area (Å²) in [5.74, 6) is -0.00957. The zero-order valence-corrected chi connectivity index (χ0v) is 11.8. The Morgan fingerprint density at radius 1 is 1.58 bits per heavy atom. The van der Waals surface area contributed by atoms with Gasteiger partial charge in [-0.05, 0) is 24.9 Å². The number of halogens is 1. The van der Waals surface area contributed by atoms with Crippen LogP contribution in [-0.2, 0) is 18.3 Å². The second-order valence-electron chi connectivity index (χ2n) is 4.35. The Balaban J connectivity index is 1.98. The fraction of sp³-hybridized carbons (Fsp3) is 0.417. The Hall–Kier alpha value is -1.82. The first-order chi connectivity index (χ1) is 8.99. The van der Waals surface area contributed by atoms with E-state index in [-0.39, 0.29) is 11.1 Å². The molecule has 0 N–H and O–H groups in total. The fourth-order valence-corrected chi connectivity index (χ4v) is 2.03. The summed E-state index contributed by atoms with van der Waals surface area (Å²) in [7, 11) is 3.53. The van der Waals surface area contributed by atoms with E-state index in [0.717, 1.165) is 16.9 Å². The predicted octanol–water partition coefficient (Wildman–Crippen LogP) is 1.97. The van der Waals surface area contributed by atoms with Crippen molar-refractivity contribution in [2.24, 2.45) is 7.05 Å². The van der Waals surface area contributed by atoms with Crippen LogP contribution in [0.3, 0.4) is 0 Å². The topological polar surface area (TPSA) is 64.2 Å². The van der Waals surface area contributed by atoms with Crippen molar-refractivity contribution >= 4 is 23.2 Å². The molecule has 0 aliphatic carbocycles. The Labute approximate surface area is 115 Å². The van der Waals surface area contributed by atoms with Gasteiger partial charge in [-0.25, -0.2) is 0 Å². The van der Waals surface area contributed by atoms with Gasteiger partial charge in [0.15, 0.2) is 0 Å². The number of carbonyl (C=O) groups excluding carboxylic acids is 1. The van der Waals surface area contributed by atoms with Gasteiger partial charge in [0.05, 0.1) is 17.6 Å². The number of nitrogens with zero attached hydrogens (tertiary/aromatic N) is 4. The van der Waals surface area contributed by atoms with E-state index in [1.807, 2.05) is 7.05 Å².